The molecule has 2 atom stereocenters. The summed E-state index contributed by atoms with van der Waals surface area (Å²) < 4.78 is 5.30. The first kappa shape index (κ1) is 10.2. The van der Waals surface area contributed by atoms with E-state index in [1.807, 2.05) is 0 Å². The van der Waals surface area contributed by atoms with E-state index in [0.29, 0.717) is 0 Å². The Balaban J connectivity index is 1.96. The van der Waals surface area contributed by atoms with Crippen molar-refractivity contribution in [2.24, 2.45) is 0 Å². The Morgan fingerprint density at radius 1 is 1.31 bits per heavy atom. The second-order valence-electron chi connectivity index (χ2n) is 4.91. The number of aryl methyl sites for hydroxylation is 1. The maximum atomic E-state index is 5.30. The molecule has 1 N–H and O–H groups in total. The van der Waals surface area contributed by atoms with Gasteiger partial charge in [0.2, 0.25) is 0 Å². The maximum Gasteiger partial charge on any atom is 0.119 e. The molecule has 1 fully saturated rings. The lowest BCUT2D eigenvalue weighted by Crippen LogP contribution is -2.42. The molecule has 0 saturated carbocycles. The molecule has 0 unspecified atom stereocenters. The highest BCUT2D eigenvalue weighted by Crippen LogP contribution is 2.38. The molecule has 0 spiro atoms. The Morgan fingerprint density at radius 2 is 2.25 bits per heavy atom. The van der Waals surface area contributed by atoms with Crippen LogP contribution in [-0.2, 0) is 6.42 Å². The molecule has 1 saturated heterocycles. The van der Waals surface area contributed by atoms with Crippen molar-refractivity contribution in [2.75, 3.05) is 13.7 Å². The Morgan fingerprint density at radius 3 is 3.12 bits per heavy atom. The predicted molar refractivity (Wildman–Crippen MR) is 65.1 cm³/mol. The molecule has 0 radical (unpaired) electrons. The number of ether oxygens (including phenoxy) is 1. The summed E-state index contributed by atoms with van der Waals surface area (Å²) in [5.41, 5.74) is 3.06. The molecule has 16 heavy (non-hydrogen) atoms. The van der Waals surface area contributed by atoms with E-state index in [1.54, 1.807) is 12.7 Å². The summed E-state index contributed by atoms with van der Waals surface area (Å²) >= 11 is 0. The SMILES string of the molecule is COc1ccc2c(c1)CC[C@@H]1NCCC[C@H]21. The lowest BCUT2D eigenvalue weighted by Gasteiger charge is -2.38. The molecule has 1 aromatic carbocycles. The van der Waals surface area contributed by atoms with Gasteiger partial charge in [-0.1, -0.05) is 6.07 Å². The van der Waals surface area contributed by atoms with Crippen LogP contribution in [0.4, 0.5) is 0 Å². The summed E-state index contributed by atoms with van der Waals surface area (Å²) in [5, 5.41) is 3.66. The van der Waals surface area contributed by atoms with Gasteiger partial charge in [0.25, 0.3) is 0 Å². The van der Waals surface area contributed by atoms with Crippen LogP contribution in [0.2, 0.25) is 0 Å². The van der Waals surface area contributed by atoms with Crippen molar-refractivity contribution >= 4 is 0 Å². The van der Waals surface area contributed by atoms with Gasteiger partial charge in [0.1, 0.15) is 5.75 Å². The van der Waals surface area contributed by atoms with Gasteiger partial charge in [-0.3, -0.25) is 0 Å². The van der Waals surface area contributed by atoms with E-state index in [1.165, 1.54) is 37.8 Å². The fourth-order valence-electron chi connectivity index (χ4n) is 3.23. The first-order valence-electron chi connectivity index (χ1n) is 6.28. The molecule has 2 heteroatoms. The van der Waals surface area contributed by atoms with Gasteiger partial charge in [0.05, 0.1) is 7.11 Å². The number of methoxy groups -OCH3 is 1. The molecule has 3 rings (SSSR count). The number of rotatable bonds is 1. The number of hydrogen-bond acceptors (Lipinski definition) is 2. The molecule has 2 aliphatic rings. The van der Waals surface area contributed by atoms with Crippen LogP contribution in [0.25, 0.3) is 0 Å². The third-order valence-corrected chi connectivity index (χ3v) is 4.06. The smallest absolute Gasteiger partial charge is 0.119 e. The molecule has 0 amide bonds. The number of benzene rings is 1. The lowest BCUT2D eigenvalue weighted by atomic mass is 9.75. The van der Waals surface area contributed by atoms with Crippen LogP contribution in [0.5, 0.6) is 5.75 Å². The van der Waals surface area contributed by atoms with E-state index in [9.17, 15) is 0 Å². The molecule has 86 valence electrons. The quantitative estimate of drug-likeness (QED) is 0.780. The highest BCUT2D eigenvalue weighted by atomic mass is 16.5. The molecule has 1 aliphatic heterocycles. The standard InChI is InChI=1S/C14H19NO/c1-16-11-5-6-12-10(9-11)4-7-14-13(12)3-2-8-15-14/h5-6,9,13-15H,2-4,7-8H2,1H3/t13-,14+/m1/s1. The monoisotopic (exact) mass is 217 g/mol. The fourth-order valence-corrected chi connectivity index (χ4v) is 3.23. The van der Waals surface area contributed by atoms with Gasteiger partial charge in [-0.25, -0.2) is 0 Å². The van der Waals surface area contributed by atoms with Crippen LogP contribution in [0.1, 0.15) is 36.3 Å². The summed E-state index contributed by atoms with van der Waals surface area (Å²) in [5.74, 6) is 1.74. The maximum absolute atomic E-state index is 5.30. The zero-order chi connectivity index (χ0) is 11.0. The molecule has 2 nitrogen and oxygen atoms in total. The zero-order valence-corrected chi connectivity index (χ0v) is 9.83. The zero-order valence-electron chi connectivity index (χ0n) is 9.83. The second-order valence-corrected chi connectivity index (χ2v) is 4.91. The van der Waals surface area contributed by atoms with Crippen LogP contribution in [-0.4, -0.2) is 19.7 Å². The number of nitrogens with one attached hydrogen (secondary N) is 1. The van der Waals surface area contributed by atoms with E-state index in [-0.39, 0.29) is 0 Å². The minimum absolute atomic E-state index is 0.717. The minimum Gasteiger partial charge on any atom is -0.497 e. The fraction of sp³-hybridized carbons (Fsp3) is 0.571. The minimum atomic E-state index is 0.717. The molecular formula is C14H19NO. The Labute approximate surface area is 97.0 Å². The molecule has 0 aromatic heterocycles. The van der Waals surface area contributed by atoms with Crippen molar-refractivity contribution in [2.45, 2.75) is 37.6 Å². The molecule has 1 aromatic rings. The van der Waals surface area contributed by atoms with Gasteiger partial charge >= 0.3 is 0 Å². The number of hydrogen-bond donors (Lipinski definition) is 1. The second kappa shape index (κ2) is 4.10. The van der Waals surface area contributed by atoms with E-state index in [2.05, 4.69) is 23.5 Å². The predicted octanol–water partition coefficient (Wildman–Crippen LogP) is 2.48. The van der Waals surface area contributed by atoms with Crippen molar-refractivity contribution in [3.05, 3.63) is 29.3 Å². The first-order valence-corrected chi connectivity index (χ1v) is 6.28. The van der Waals surface area contributed by atoms with Gasteiger partial charge < -0.3 is 10.1 Å². The first-order chi connectivity index (χ1) is 7.88. The largest absolute Gasteiger partial charge is 0.497 e. The van der Waals surface area contributed by atoms with E-state index < -0.39 is 0 Å². The van der Waals surface area contributed by atoms with Crippen molar-refractivity contribution in [1.82, 2.24) is 5.32 Å². The third kappa shape index (κ3) is 1.61. The van der Waals surface area contributed by atoms with E-state index in [0.717, 1.165) is 17.7 Å². The highest BCUT2D eigenvalue weighted by molar-refractivity contribution is 5.40. The van der Waals surface area contributed by atoms with Crippen LogP contribution in [0.15, 0.2) is 18.2 Å². The summed E-state index contributed by atoms with van der Waals surface area (Å²) in [4.78, 5) is 0. The van der Waals surface area contributed by atoms with Gasteiger partial charge in [0.15, 0.2) is 0 Å². The Kier molecular flexibility index (Phi) is 2.60. The average molecular weight is 217 g/mol. The van der Waals surface area contributed by atoms with Crippen molar-refractivity contribution < 1.29 is 4.74 Å². The number of fused-ring (bicyclic) bond motifs is 3. The summed E-state index contributed by atoms with van der Waals surface area (Å²) in [6, 6.07) is 7.32. The van der Waals surface area contributed by atoms with Crippen LogP contribution in [0, 0.1) is 0 Å². The van der Waals surface area contributed by atoms with E-state index in [4.69, 9.17) is 4.74 Å². The van der Waals surface area contributed by atoms with E-state index >= 15 is 0 Å². The molecule has 0 bridgehead atoms. The molecule has 1 heterocycles. The normalized spacial score (nSPS) is 28.1. The van der Waals surface area contributed by atoms with Crippen molar-refractivity contribution in [1.29, 1.82) is 0 Å². The lowest BCUT2D eigenvalue weighted by molar-refractivity contribution is 0.318. The average Bonchev–Trinajstić information content (AvgIpc) is 2.38. The highest BCUT2D eigenvalue weighted by Gasteiger charge is 2.31. The third-order valence-electron chi connectivity index (χ3n) is 4.06. The summed E-state index contributed by atoms with van der Waals surface area (Å²) in [6.07, 6.45) is 5.13. The van der Waals surface area contributed by atoms with Gasteiger partial charge in [0, 0.05) is 6.04 Å². The molecular weight excluding hydrogens is 198 g/mol. The number of piperidine rings is 1. The van der Waals surface area contributed by atoms with Crippen molar-refractivity contribution in [3.63, 3.8) is 0 Å². The van der Waals surface area contributed by atoms with Crippen molar-refractivity contribution in [3.8, 4) is 5.75 Å². The summed E-state index contributed by atoms with van der Waals surface area (Å²) in [7, 11) is 1.75. The van der Waals surface area contributed by atoms with Crippen LogP contribution >= 0.6 is 0 Å². The van der Waals surface area contributed by atoms with Gasteiger partial charge in [-0.15, -0.1) is 0 Å². The molecule has 1 aliphatic carbocycles. The van der Waals surface area contributed by atoms with Crippen LogP contribution < -0.4 is 10.1 Å². The Hall–Kier alpha value is -1.02. The topological polar surface area (TPSA) is 21.3 Å². The van der Waals surface area contributed by atoms with Gasteiger partial charge in [-0.2, -0.15) is 0 Å². The van der Waals surface area contributed by atoms with Crippen LogP contribution in [0.3, 0.4) is 0 Å². The van der Waals surface area contributed by atoms with Gasteiger partial charge in [-0.05, 0) is 61.4 Å². The summed E-state index contributed by atoms with van der Waals surface area (Å²) in [6.45, 7) is 1.20. The Bertz CT molecular complexity index is 388.